The lowest BCUT2D eigenvalue weighted by Gasteiger charge is -2.30. The molecule has 18 heavy (non-hydrogen) atoms. The minimum absolute atomic E-state index is 0.497. The van der Waals surface area contributed by atoms with E-state index in [4.69, 9.17) is 0 Å². The van der Waals surface area contributed by atoms with Crippen LogP contribution in [0.15, 0.2) is 12.3 Å². The van der Waals surface area contributed by atoms with Crippen molar-refractivity contribution < 1.29 is 0 Å². The van der Waals surface area contributed by atoms with Gasteiger partial charge >= 0.3 is 0 Å². The third kappa shape index (κ3) is 2.46. The van der Waals surface area contributed by atoms with Gasteiger partial charge in [0, 0.05) is 19.8 Å². The van der Waals surface area contributed by atoms with E-state index in [0.717, 1.165) is 24.8 Å². The predicted molar refractivity (Wildman–Crippen MR) is 73.3 cm³/mol. The largest absolute Gasteiger partial charge is 0.316 e. The smallest absolute Gasteiger partial charge is 0.0630 e. The summed E-state index contributed by atoms with van der Waals surface area (Å²) < 4.78 is 1.93. The molecule has 1 aromatic rings. The zero-order valence-corrected chi connectivity index (χ0v) is 11.7. The van der Waals surface area contributed by atoms with Gasteiger partial charge in [-0.05, 0) is 62.0 Å². The van der Waals surface area contributed by atoms with E-state index >= 15 is 0 Å². The van der Waals surface area contributed by atoms with Gasteiger partial charge in [0.15, 0.2) is 0 Å². The molecule has 100 valence electrons. The summed E-state index contributed by atoms with van der Waals surface area (Å²) in [4.78, 5) is 0. The van der Waals surface area contributed by atoms with Crippen LogP contribution >= 0.6 is 0 Å². The van der Waals surface area contributed by atoms with Crippen LogP contribution in [0.1, 0.15) is 38.3 Å². The molecule has 1 heterocycles. The number of aryl methyl sites for hydroxylation is 1. The molecule has 0 radical (unpaired) electrons. The summed E-state index contributed by atoms with van der Waals surface area (Å²) in [5, 5.41) is 8.23. The molecule has 0 aliphatic heterocycles. The molecule has 3 nitrogen and oxygen atoms in total. The molecule has 3 rings (SSSR count). The number of nitrogens with one attached hydrogen (secondary N) is 1. The second-order valence-corrected chi connectivity index (χ2v) is 6.50. The summed E-state index contributed by atoms with van der Waals surface area (Å²) in [6, 6.07) is 2.19. The monoisotopic (exact) mass is 247 g/mol. The lowest BCUT2D eigenvalue weighted by molar-refractivity contribution is 0.246. The Morgan fingerprint density at radius 2 is 2.22 bits per heavy atom. The fraction of sp³-hybridized carbons (Fsp3) is 0.800. The Hall–Kier alpha value is -0.830. The maximum atomic E-state index is 4.58. The van der Waals surface area contributed by atoms with Crippen molar-refractivity contribution >= 4 is 0 Å². The predicted octanol–water partition coefficient (Wildman–Crippen LogP) is 2.38. The van der Waals surface area contributed by atoms with Crippen molar-refractivity contribution in [2.45, 2.75) is 39.0 Å². The van der Waals surface area contributed by atoms with E-state index in [1.165, 1.54) is 37.9 Å². The van der Waals surface area contributed by atoms with E-state index in [0.29, 0.717) is 5.41 Å². The average molecular weight is 247 g/mol. The first-order valence-electron chi connectivity index (χ1n) is 7.40. The number of aromatic nitrogens is 2. The SMILES string of the molecule is CCCNCC1(Cc2ccn(C)n2)CC2CC2C1. The van der Waals surface area contributed by atoms with Gasteiger partial charge in [0.25, 0.3) is 0 Å². The van der Waals surface area contributed by atoms with Crippen LogP contribution in [0.5, 0.6) is 0 Å². The second-order valence-electron chi connectivity index (χ2n) is 6.50. The Bertz CT molecular complexity index is 400. The van der Waals surface area contributed by atoms with E-state index in [-0.39, 0.29) is 0 Å². The zero-order chi connectivity index (χ0) is 12.6. The third-order valence-corrected chi connectivity index (χ3v) is 4.71. The second kappa shape index (κ2) is 4.69. The van der Waals surface area contributed by atoms with Gasteiger partial charge in [-0.2, -0.15) is 5.10 Å². The molecule has 0 aromatic carbocycles. The normalized spacial score (nSPS) is 33.7. The minimum Gasteiger partial charge on any atom is -0.316 e. The number of fused-ring (bicyclic) bond motifs is 1. The van der Waals surface area contributed by atoms with Gasteiger partial charge in [-0.3, -0.25) is 4.68 Å². The summed E-state index contributed by atoms with van der Waals surface area (Å²) in [6.07, 6.45) is 8.80. The van der Waals surface area contributed by atoms with Gasteiger partial charge in [0.05, 0.1) is 5.69 Å². The molecule has 2 aliphatic rings. The van der Waals surface area contributed by atoms with E-state index in [2.05, 4.69) is 29.6 Å². The van der Waals surface area contributed by atoms with E-state index in [1.807, 2.05) is 11.7 Å². The number of hydrogen-bond acceptors (Lipinski definition) is 2. The maximum absolute atomic E-state index is 4.58. The van der Waals surface area contributed by atoms with Crippen molar-refractivity contribution in [3.8, 4) is 0 Å². The number of rotatable bonds is 6. The van der Waals surface area contributed by atoms with Crippen molar-refractivity contribution in [1.82, 2.24) is 15.1 Å². The van der Waals surface area contributed by atoms with Crippen molar-refractivity contribution in [2.24, 2.45) is 24.3 Å². The minimum atomic E-state index is 0.497. The highest BCUT2D eigenvalue weighted by atomic mass is 15.2. The summed E-state index contributed by atoms with van der Waals surface area (Å²) in [7, 11) is 2.01. The van der Waals surface area contributed by atoms with Crippen molar-refractivity contribution in [3.63, 3.8) is 0 Å². The highest BCUT2D eigenvalue weighted by molar-refractivity contribution is 5.11. The van der Waals surface area contributed by atoms with Crippen LogP contribution in [0.2, 0.25) is 0 Å². The van der Waals surface area contributed by atoms with Gasteiger partial charge in [0.2, 0.25) is 0 Å². The first kappa shape index (κ1) is 12.2. The number of hydrogen-bond donors (Lipinski definition) is 1. The van der Waals surface area contributed by atoms with Gasteiger partial charge in [-0.15, -0.1) is 0 Å². The maximum Gasteiger partial charge on any atom is 0.0630 e. The van der Waals surface area contributed by atoms with Gasteiger partial charge in [-0.25, -0.2) is 0 Å². The Morgan fingerprint density at radius 3 is 2.83 bits per heavy atom. The molecule has 0 saturated heterocycles. The summed E-state index contributed by atoms with van der Waals surface area (Å²) in [5.41, 5.74) is 1.77. The third-order valence-electron chi connectivity index (χ3n) is 4.71. The lowest BCUT2D eigenvalue weighted by Crippen LogP contribution is -2.35. The molecule has 0 amide bonds. The van der Waals surface area contributed by atoms with Gasteiger partial charge in [-0.1, -0.05) is 6.92 Å². The Kier molecular flexibility index (Phi) is 3.18. The first-order chi connectivity index (χ1) is 8.71. The molecule has 0 bridgehead atoms. The average Bonchev–Trinajstić information content (AvgIpc) is 2.76. The van der Waals surface area contributed by atoms with E-state index in [1.54, 1.807) is 0 Å². The fourth-order valence-electron chi connectivity index (χ4n) is 3.83. The van der Waals surface area contributed by atoms with Crippen LogP contribution in [-0.2, 0) is 13.5 Å². The molecule has 2 saturated carbocycles. The van der Waals surface area contributed by atoms with Crippen molar-refractivity contribution in [1.29, 1.82) is 0 Å². The quantitative estimate of drug-likeness (QED) is 0.782. The fourth-order valence-corrected chi connectivity index (χ4v) is 3.83. The molecular weight excluding hydrogens is 222 g/mol. The topological polar surface area (TPSA) is 29.9 Å². The van der Waals surface area contributed by atoms with Crippen LogP contribution in [0.4, 0.5) is 0 Å². The summed E-state index contributed by atoms with van der Waals surface area (Å²) >= 11 is 0. The van der Waals surface area contributed by atoms with E-state index < -0.39 is 0 Å². The molecule has 2 aliphatic carbocycles. The van der Waals surface area contributed by atoms with Gasteiger partial charge < -0.3 is 5.32 Å². The molecule has 2 atom stereocenters. The first-order valence-corrected chi connectivity index (χ1v) is 7.40. The molecule has 1 aromatic heterocycles. The highest BCUT2D eigenvalue weighted by Crippen LogP contribution is 2.60. The Balaban J connectivity index is 1.65. The highest BCUT2D eigenvalue weighted by Gasteiger charge is 2.53. The molecule has 0 spiro atoms. The molecule has 1 N–H and O–H groups in total. The van der Waals surface area contributed by atoms with Crippen molar-refractivity contribution in [2.75, 3.05) is 13.1 Å². The lowest BCUT2D eigenvalue weighted by atomic mass is 9.78. The van der Waals surface area contributed by atoms with Crippen LogP contribution in [0.3, 0.4) is 0 Å². The summed E-state index contributed by atoms with van der Waals surface area (Å²) in [6.45, 7) is 4.58. The standard InChI is InChI=1S/C15H25N3/c1-3-5-16-11-15(8-12-7-13(12)9-15)10-14-4-6-18(2)17-14/h4,6,12-13,16H,3,5,7-11H2,1-2H3. The number of nitrogens with zero attached hydrogens (tertiary/aromatic N) is 2. The van der Waals surface area contributed by atoms with Gasteiger partial charge in [0.1, 0.15) is 0 Å². The molecular formula is C15H25N3. The molecule has 3 heteroatoms. The Labute approximate surface area is 110 Å². The molecule has 2 unspecified atom stereocenters. The van der Waals surface area contributed by atoms with Crippen LogP contribution < -0.4 is 5.32 Å². The summed E-state index contributed by atoms with van der Waals surface area (Å²) in [5.74, 6) is 2.08. The Morgan fingerprint density at radius 1 is 1.44 bits per heavy atom. The van der Waals surface area contributed by atoms with Crippen LogP contribution in [0, 0.1) is 17.3 Å². The zero-order valence-electron chi connectivity index (χ0n) is 11.7. The van der Waals surface area contributed by atoms with Crippen LogP contribution in [0.25, 0.3) is 0 Å². The van der Waals surface area contributed by atoms with Crippen LogP contribution in [-0.4, -0.2) is 22.9 Å². The van der Waals surface area contributed by atoms with Crippen molar-refractivity contribution in [3.05, 3.63) is 18.0 Å². The van der Waals surface area contributed by atoms with E-state index in [9.17, 15) is 0 Å². The molecule has 2 fully saturated rings.